The van der Waals surface area contributed by atoms with Crippen LogP contribution in [0.25, 0.3) is 10.6 Å². The Morgan fingerprint density at radius 3 is 2.95 bits per heavy atom. The molecule has 21 heavy (non-hydrogen) atoms. The van der Waals surface area contributed by atoms with Gasteiger partial charge in [-0.25, -0.2) is 13.4 Å². The molecule has 1 aliphatic heterocycles. The highest BCUT2D eigenvalue weighted by Crippen LogP contribution is 2.28. The number of nitrogens with one attached hydrogen (secondary N) is 1. The topological polar surface area (TPSA) is 76.1 Å². The van der Waals surface area contributed by atoms with Crippen molar-refractivity contribution in [1.29, 1.82) is 0 Å². The predicted octanol–water partition coefficient (Wildman–Crippen LogP) is 2.63. The summed E-state index contributed by atoms with van der Waals surface area (Å²) in [4.78, 5) is 17.4. The standard InChI is InChI=1S/C13H14N2O3S3/c16-12(6-9-3-5-21(17,18)8-9)15-13-14-10(7-20-13)11-2-1-4-19-11/h1-2,4,7,9H,3,5-6,8H2,(H,14,15,16). The fourth-order valence-corrected chi connectivity index (χ4v) is 5.68. The fraction of sp³-hybridized carbons (Fsp3) is 0.385. The van der Waals surface area contributed by atoms with E-state index >= 15 is 0 Å². The number of aromatic nitrogens is 1. The van der Waals surface area contributed by atoms with Crippen LogP contribution in [-0.2, 0) is 14.6 Å². The van der Waals surface area contributed by atoms with E-state index in [9.17, 15) is 13.2 Å². The molecule has 2 aromatic heterocycles. The summed E-state index contributed by atoms with van der Waals surface area (Å²) >= 11 is 2.98. The second kappa shape index (κ2) is 5.86. The van der Waals surface area contributed by atoms with Crippen LogP contribution in [0.3, 0.4) is 0 Å². The van der Waals surface area contributed by atoms with Crippen LogP contribution in [0.2, 0.25) is 0 Å². The van der Waals surface area contributed by atoms with Gasteiger partial charge in [0.25, 0.3) is 0 Å². The van der Waals surface area contributed by atoms with Gasteiger partial charge in [0.05, 0.1) is 22.1 Å². The van der Waals surface area contributed by atoms with Crippen LogP contribution < -0.4 is 5.32 Å². The SMILES string of the molecule is O=C(CC1CCS(=O)(=O)C1)Nc1nc(-c2cccs2)cs1. The number of anilines is 1. The van der Waals surface area contributed by atoms with Gasteiger partial charge in [0.2, 0.25) is 5.91 Å². The molecular weight excluding hydrogens is 328 g/mol. The van der Waals surface area contributed by atoms with E-state index in [1.54, 1.807) is 11.3 Å². The molecule has 1 aliphatic rings. The maximum atomic E-state index is 11.9. The van der Waals surface area contributed by atoms with Crippen LogP contribution in [0, 0.1) is 5.92 Å². The zero-order valence-electron chi connectivity index (χ0n) is 11.1. The number of nitrogens with zero attached hydrogens (tertiary/aromatic N) is 1. The monoisotopic (exact) mass is 342 g/mol. The number of carbonyl (C=O) groups is 1. The Bertz CT molecular complexity index is 735. The van der Waals surface area contributed by atoms with Gasteiger partial charge < -0.3 is 5.32 Å². The van der Waals surface area contributed by atoms with E-state index < -0.39 is 9.84 Å². The number of sulfone groups is 1. The lowest BCUT2D eigenvalue weighted by Gasteiger charge is -2.06. The van der Waals surface area contributed by atoms with E-state index in [2.05, 4.69) is 10.3 Å². The molecule has 112 valence electrons. The molecule has 1 N–H and O–H groups in total. The first kappa shape index (κ1) is 14.7. The van der Waals surface area contributed by atoms with Crippen molar-refractivity contribution in [2.75, 3.05) is 16.8 Å². The molecule has 1 saturated heterocycles. The Hall–Kier alpha value is -1.25. The normalized spacial score (nSPS) is 20.5. The molecule has 3 rings (SSSR count). The maximum absolute atomic E-state index is 11.9. The zero-order chi connectivity index (χ0) is 14.9. The Morgan fingerprint density at radius 2 is 2.29 bits per heavy atom. The average molecular weight is 342 g/mol. The molecule has 0 spiro atoms. The van der Waals surface area contributed by atoms with E-state index in [-0.39, 0.29) is 29.8 Å². The minimum Gasteiger partial charge on any atom is -0.302 e. The van der Waals surface area contributed by atoms with Crippen LogP contribution in [0.5, 0.6) is 0 Å². The highest BCUT2D eigenvalue weighted by Gasteiger charge is 2.29. The quantitative estimate of drug-likeness (QED) is 0.927. The van der Waals surface area contributed by atoms with E-state index in [0.29, 0.717) is 11.6 Å². The molecule has 8 heteroatoms. The first-order valence-corrected chi connectivity index (χ1v) is 10.1. The van der Waals surface area contributed by atoms with Crippen LogP contribution in [0.1, 0.15) is 12.8 Å². The van der Waals surface area contributed by atoms with Gasteiger partial charge >= 0.3 is 0 Å². The number of thiophene rings is 1. The van der Waals surface area contributed by atoms with Crippen LogP contribution in [0.4, 0.5) is 5.13 Å². The summed E-state index contributed by atoms with van der Waals surface area (Å²) in [5.41, 5.74) is 0.855. The molecule has 0 saturated carbocycles. The molecule has 0 aromatic carbocycles. The lowest BCUT2D eigenvalue weighted by Crippen LogP contribution is -2.17. The predicted molar refractivity (Wildman–Crippen MR) is 85.4 cm³/mol. The molecule has 5 nitrogen and oxygen atoms in total. The van der Waals surface area contributed by atoms with Gasteiger partial charge in [-0.2, -0.15) is 0 Å². The smallest absolute Gasteiger partial charge is 0.226 e. The molecular formula is C13H14N2O3S3. The zero-order valence-corrected chi connectivity index (χ0v) is 13.6. The number of hydrogen-bond donors (Lipinski definition) is 1. The summed E-state index contributed by atoms with van der Waals surface area (Å²) in [5.74, 6) is 0.0969. The molecule has 0 bridgehead atoms. The van der Waals surface area contributed by atoms with Crippen LogP contribution >= 0.6 is 22.7 Å². The van der Waals surface area contributed by atoms with E-state index in [1.807, 2.05) is 22.9 Å². The Morgan fingerprint density at radius 1 is 1.43 bits per heavy atom. The highest BCUT2D eigenvalue weighted by molar-refractivity contribution is 7.91. The van der Waals surface area contributed by atoms with Crippen molar-refractivity contribution >= 4 is 43.5 Å². The van der Waals surface area contributed by atoms with Gasteiger partial charge in [0.15, 0.2) is 15.0 Å². The average Bonchev–Trinajstić information content (AvgIpc) is 3.09. The summed E-state index contributed by atoms with van der Waals surface area (Å²) in [6.45, 7) is 0. The molecule has 1 fully saturated rings. The van der Waals surface area contributed by atoms with Crippen LogP contribution in [0.15, 0.2) is 22.9 Å². The second-order valence-electron chi connectivity index (χ2n) is 5.04. The minimum atomic E-state index is -2.93. The van der Waals surface area contributed by atoms with E-state index in [4.69, 9.17) is 0 Å². The Balaban J connectivity index is 1.58. The fourth-order valence-electron chi connectivity index (χ4n) is 2.33. The molecule has 1 amide bonds. The Labute approximate surface area is 131 Å². The van der Waals surface area contributed by atoms with Crippen molar-refractivity contribution < 1.29 is 13.2 Å². The van der Waals surface area contributed by atoms with Crippen LogP contribution in [-0.4, -0.2) is 30.8 Å². The third kappa shape index (κ3) is 3.69. The lowest BCUT2D eigenvalue weighted by molar-refractivity contribution is -0.116. The number of amides is 1. The Kier molecular flexibility index (Phi) is 4.10. The van der Waals surface area contributed by atoms with Gasteiger partial charge in [-0.15, -0.1) is 22.7 Å². The van der Waals surface area contributed by atoms with Crippen molar-refractivity contribution in [3.05, 3.63) is 22.9 Å². The number of thiazole rings is 1. The maximum Gasteiger partial charge on any atom is 0.226 e. The van der Waals surface area contributed by atoms with Crippen molar-refractivity contribution in [3.8, 4) is 10.6 Å². The van der Waals surface area contributed by atoms with Crippen molar-refractivity contribution in [3.63, 3.8) is 0 Å². The number of carbonyl (C=O) groups excluding carboxylic acids is 1. The summed E-state index contributed by atoms with van der Waals surface area (Å²) in [6.07, 6.45) is 0.821. The summed E-state index contributed by atoms with van der Waals surface area (Å²) in [6, 6.07) is 3.94. The van der Waals surface area contributed by atoms with Crippen molar-refractivity contribution in [2.45, 2.75) is 12.8 Å². The van der Waals surface area contributed by atoms with Crippen molar-refractivity contribution in [2.24, 2.45) is 5.92 Å². The first-order valence-electron chi connectivity index (χ1n) is 6.51. The number of hydrogen-bond acceptors (Lipinski definition) is 6. The van der Waals surface area contributed by atoms with Gasteiger partial charge in [-0.05, 0) is 23.8 Å². The minimum absolute atomic E-state index is 0.0632. The van der Waals surface area contributed by atoms with E-state index in [1.165, 1.54) is 11.3 Å². The van der Waals surface area contributed by atoms with Gasteiger partial charge in [0, 0.05) is 11.8 Å². The van der Waals surface area contributed by atoms with Gasteiger partial charge in [-0.1, -0.05) is 6.07 Å². The van der Waals surface area contributed by atoms with Gasteiger partial charge in [-0.3, -0.25) is 4.79 Å². The lowest BCUT2D eigenvalue weighted by atomic mass is 10.1. The molecule has 0 aliphatic carbocycles. The summed E-state index contributed by atoms with van der Waals surface area (Å²) in [7, 11) is -2.93. The first-order chi connectivity index (χ1) is 10.0. The highest BCUT2D eigenvalue weighted by atomic mass is 32.2. The molecule has 1 atom stereocenters. The molecule has 1 unspecified atom stereocenters. The second-order valence-corrected chi connectivity index (χ2v) is 9.07. The molecule has 3 heterocycles. The van der Waals surface area contributed by atoms with Crippen molar-refractivity contribution in [1.82, 2.24) is 4.98 Å². The largest absolute Gasteiger partial charge is 0.302 e. The third-order valence-corrected chi connectivity index (χ3v) is 6.81. The summed E-state index contributed by atoms with van der Waals surface area (Å²) < 4.78 is 22.7. The third-order valence-electron chi connectivity index (χ3n) is 3.32. The van der Waals surface area contributed by atoms with E-state index in [0.717, 1.165) is 10.6 Å². The molecule has 2 aromatic rings. The summed E-state index contributed by atoms with van der Waals surface area (Å²) in [5, 5.41) is 7.20. The van der Waals surface area contributed by atoms with Gasteiger partial charge in [0.1, 0.15) is 0 Å². The number of rotatable bonds is 4. The molecule has 0 radical (unpaired) electrons.